The van der Waals surface area contributed by atoms with Gasteiger partial charge in [-0.3, -0.25) is 0 Å². The van der Waals surface area contributed by atoms with E-state index in [9.17, 15) is 26.3 Å². The van der Waals surface area contributed by atoms with Crippen molar-refractivity contribution in [3.8, 4) is 0 Å². The number of hydrogen-bond acceptors (Lipinski definition) is 3. The highest BCUT2D eigenvalue weighted by atomic mass is 19.4. The van der Waals surface area contributed by atoms with E-state index in [1.165, 1.54) is 13.0 Å². The molecule has 1 rings (SSSR count). The Morgan fingerprint density at radius 2 is 1.75 bits per heavy atom. The Balaban J connectivity index is 2.78. The van der Waals surface area contributed by atoms with Crippen molar-refractivity contribution in [1.29, 1.82) is 0 Å². The highest BCUT2D eigenvalue weighted by molar-refractivity contribution is 5.20. The van der Waals surface area contributed by atoms with Crippen LogP contribution < -0.4 is 5.32 Å². The number of furan rings is 1. The molecule has 1 N–H and O–H groups in total. The van der Waals surface area contributed by atoms with Crippen molar-refractivity contribution in [2.24, 2.45) is 0 Å². The standard InChI is InChI=1S/C11H13F6NO2/c1-6-7(3-8(20-6)4-18-2)5-19-9(10(12,13)14)11(15,16)17/h3,9,18H,4-5H2,1-2H3. The average molecular weight is 305 g/mol. The molecule has 0 aliphatic rings. The van der Waals surface area contributed by atoms with Crippen LogP contribution in [0.15, 0.2) is 10.5 Å². The Morgan fingerprint density at radius 3 is 2.20 bits per heavy atom. The molecule has 1 heterocycles. The fraction of sp³-hybridized carbons (Fsp3) is 0.636. The molecule has 0 aromatic carbocycles. The maximum absolute atomic E-state index is 12.3. The zero-order chi connectivity index (χ0) is 15.6. The lowest BCUT2D eigenvalue weighted by Crippen LogP contribution is -2.44. The van der Waals surface area contributed by atoms with Crippen LogP contribution in [0.2, 0.25) is 0 Å². The topological polar surface area (TPSA) is 34.4 Å². The molecular formula is C11H13F6NO2. The average Bonchev–Trinajstić information content (AvgIpc) is 2.56. The van der Waals surface area contributed by atoms with Crippen molar-refractivity contribution in [3.63, 3.8) is 0 Å². The summed E-state index contributed by atoms with van der Waals surface area (Å²) in [7, 11) is 1.62. The number of hydrogen-bond donors (Lipinski definition) is 1. The summed E-state index contributed by atoms with van der Waals surface area (Å²) in [5.41, 5.74) is 0.147. The summed E-state index contributed by atoms with van der Waals surface area (Å²) in [4.78, 5) is 0. The quantitative estimate of drug-likeness (QED) is 0.848. The lowest BCUT2D eigenvalue weighted by atomic mass is 10.2. The predicted octanol–water partition coefficient (Wildman–Crippen LogP) is 3.32. The Labute approximate surface area is 110 Å². The van der Waals surface area contributed by atoms with E-state index in [1.807, 2.05) is 0 Å². The van der Waals surface area contributed by atoms with Gasteiger partial charge >= 0.3 is 12.4 Å². The molecule has 0 aliphatic carbocycles. The molecular weight excluding hydrogens is 292 g/mol. The van der Waals surface area contributed by atoms with Crippen LogP contribution in [0.25, 0.3) is 0 Å². The third kappa shape index (κ3) is 4.41. The van der Waals surface area contributed by atoms with Crippen molar-refractivity contribution >= 4 is 0 Å². The van der Waals surface area contributed by atoms with Crippen LogP contribution in [0, 0.1) is 6.92 Å². The summed E-state index contributed by atoms with van der Waals surface area (Å²) >= 11 is 0. The van der Waals surface area contributed by atoms with Crippen LogP contribution in [-0.2, 0) is 17.9 Å². The molecule has 1 aromatic rings. The molecule has 0 unspecified atom stereocenters. The van der Waals surface area contributed by atoms with E-state index in [-0.39, 0.29) is 11.3 Å². The third-order valence-electron chi connectivity index (χ3n) is 2.42. The number of ether oxygens (including phenoxy) is 1. The molecule has 0 spiro atoms. The monoisotopic (exact) mass is 305 g/mol. The van der Waals surface area contributed by atoms with Crippen molar-refractivity contribution in [3.05, 3.63) is 23.2 Å². The summed E-state index contributed by atoms with van der Waals surface area (Å²) in [6.45, 7) is 0.916. The number of aryl methyl sites for hydroxylation is 1. The predicted molar refractivity (Wildman–Crippen MR) is 56.9 cm³/mol. The van der Waals surface area contributed by atoms with Crippen LogP contribution in [-0.4, -0.2) is 25.5 Å². The molecule has 0 saturated heterocycles. The van der Waals surface area contributed by atoms with Gasteiger partial charge in [-0.15, -0.1) is 0 Å². The molecule has 0 aliphatic heterocycles. The lowest BCUT2D eigenvalue weighted by molar-refractivity contribution is -0.324. The Kier molecular flexibility index (Phi) is 5.09. The molecule has 0 fully saturated rings. The number of alkyl halides is 6. The van der Waals surface area contributed by atoms with Crippen LogP contribution in [0.5, 0.6) is 0 Å². The van der Waals surface area contributed by atoms with Crippen LogP contribution >= 0.6 is 0 Å². The van der Waals surface area contributed by atoms with E-state index < -0.39 is 25.1 Å². The zero-order valence-corrected chi connectivity index (χ0v) is 10.7. The SMILES string of the molecule is CNCc1cc(COC(C(F)(F)F)C(F)(F)F)c(C)o1. The fourth-order valence-corrected chi connectivity index (χ4v) is 1.54. The lowest BCUT2D eigenvalue weighted by Gasteiger charge is -2.22. The van der Waals surface area contributed by atoms with E-state index in [0.29, 0.717) is 12.3 Å². The highest BCUT2D eigenvalue weighted by Crippen LogP contribution is 2.36. The molecule has 0 saturated carbocycles. The first-order chi connectivity index (χ1) is 9.05. The van der Waals surface area contributed by atoms with Gasteiger partial charge in [0.05, 0.1) is 13.2 Å². The molecule has 0 bridgehead atoms. The smallest absolute Gasteiger partial charge is 0.423 e. The normalized spacial score (nSPS) is 13.2. The van der Waals surface area contributed by atoms with Gasteiger partial charge in [0.25, 0.3) is 0 Å². The number of rotatable bonds is 5. The molecule has 3 nitrogen and oxygen atoms in total. The summed E-state index contributed by atoms with van der Waals surface area (Å²) in [5.74, 6) is 0.623. The zero-order valence-electron chi connectivity index (χ0n) is 10.7. The Morgan fingerprint density at radius 1 is 1.20 bits per heavy atom. The molecule has 20 heavy (non-hydrogen) atoms. The van der Waals surface area contributed by atoms with E-state index in [2.05, 4.69) is 10.1 Å². The Hall–Kier alpha value is -1.22. The van der Waals surface area contributed by atoms with Gasteiger partial charge in [0, 0.05) is 5.56 Å². The summed E-state index contributed by atoms with van der Waals surface area (Å²) in [6, 6.07) is 1.36. The van der Waals surface area contributed by atoms with Crippen LogP contribution in [0.3, 0.4) is 0 Å². The molecule has 0 atom stereocenters. The first-order valence-electron chi connectivity index (χ1n) is 5.53. The molecule has 116 valence electrons. The first kappa shape index (κ1) is 16.8. The minimum absolute atomic E-state index is 0.147. The van der Waals surface area contributed by atoms with Crippen LogP contribution in [0.1, 0.15) is 17.1 Å². The van der Waals surface area contributed by atoms with E-state index in [0.717, 1.165) is 0 Å². The summed E-state index contributed by atoms with van der Waals surface area (Å²) < 4.78 is 82.8. The van der Waals surface area contributed by atoms with Crippen LogP contribution in [0.4, 0.5) is 26.3 Å². The minimum Gasteiger partial charge on any atom is -0.465 e. The van der Waals surface area contributed by atoms with Crippen molar-refractivity contribution in [2.75, 3.05) is 7.05 Å². The first-order valence-corrected chi connectivity index (χ1v) is 5.53. The maximum Gasteiger partial charge on any atom is 0.423 e. The van der Waals surface area contributed by atoms with Gasteiger partial charge in [-0.25, -0.2) is 0 Å². The highest BCUT2D eigenvalue weighted by Gasteiger charge is 2.58. The number of nitrogens with one attached hydrogen (secondary N) is 1. The Bertz CT molecular complexity index is 423. The van der Waals surface area contributed by atoms with Gasteiger partial charge < -0.3 is 14.5 Å². The second kappa shape index (κ2) is 6.04. The van der Waals surface area contributed by atoms with E-state index >= 15 is 0 Å². The van der Waals surface area contributed by atoms with E-state index in [4.69, 9.17) is 4.42 Å². The minimum atomic E-state index is -5.51. The van der Waals surface area contributed by atoms with Gasteiger partial charge in [-0.1, -0.05) is 0 Å². The number of halogens is 6. The van der Waals surface area contributed by atoms with Gasteiger partial charge in [0.1, 0.15) is 11.5 Å². The van der Waals surface area contributed by atoms with Gasteiger partial charge in [-0.2, -0.15) is 26.3 Å². The largest absolute Gasteiger partial charge is 0.465 e. The molecule has 0 amide bonds. The van der Waals surface area contributed by atoms with Gasteiger partial charge in [0.2, 0.25) is 6.10 Å². The third-order valence-corrected chi connectivity index (χ3v) is 2.42. The van der Waals surface area contributed by atoms with Crippen molar-refractivity contribution in [2.45, 2.75) is 38.5 Å². The van der Waals surface area contributed by atoms with E-state index in [1.54, 1.807) is 7.05 Å². The molecule has 0 radical (unpaired) electrons. The summed E-state index contributed by atoms with van der Waals surface area (Å²) in [5, 5.41) is 2.74. The van der Waals surface area contributed by atoms with Crippen molar-refractivity contribution in [1.82, 2.24) is 5.32 Å². The second-order valence-electron chi connectivity index (χ2n) is 4.10. The second-order valence-corrected chi connectivity index (χ2v) is 4.10. The summed E-state index contributed by atoms with van der Waals surface area (Å²) in [6.07, 6.45) is -14.8. The molecule has 9 heteroatoms. The fourth-order valence-electron chi connectivity index (χ4n) is 1.54. The van der Waals surface area contributed by atoms with Gasteiger partial charge in [0.15, 0.2) is 0 Å². The van der Waals surface area contributed by atoms with Crippen molar-refractivity contribution < 1.29 is 35.5 Å². The van der Waals surface area contributed by atoms with Gasteiger partial charge in [-0.05, 0) is 20.0 Å². The maximum atomic E-state index is 12.3. The molecule has 1 aromatic heterocycles.